The SMILES string of the molecule is Cc1c(C(=O)O)nc(C(C)(C)C)n1Cc1ccc(C(O)C2CC2)cc1C(F)(F)F. The summed E-state index contributed by atoms with van der Waals surface area (Å²) < 4.78 is 42.9. The van der Waals surface area contributed by atoms with Gasteiger partial charge >= 0.3 is 12.1 Å². The second-order valence-corrected chi connectivity index (χ2v) is 8.71. The van der Waals surface area contributed by atoms with Crippen LogP contribution in [0.2, 0.25) is 0 Å². The van der Waals surface area contributed by atoms with Gasteiger partial charge in [0, 0.05) is 17.7 Å². The van der Waals surface area contributed by atoms with Crippen LogP contribution in [0.5, 0.6) is 0 Å². The first-order valence-electron chi connectivity index (χ1n) is 9.49. The van der Waals surface area contributed by atoms with E-state index in [4.69, 9.17) is 0 Å². The predicted octanol–water partition coefficient (Wildman–Crippen LogP) is 4.70. The van der Waals surface area contributed by atoms with E-state index in [1.807, 2.05) is 20.8 Å². The Labute approximate surface area is 167 Å². The first-order chi connectivity index (χ1) is 13.3. The maximum Gasteiger partial charge on any atom is 0.416 e. The molecule has 0 aliphatic heterocycles. The molecule has 1 aromatic heterocycles. The molecule has 1 fully saturated rings. The average molecular weight is 410 g/mol. The van der Waals surface area contributed by atoms with Crippen molar-refractivity contribution in [3.05, 3.63) is 52.1 Å². The summed E-state index contributed by atoms with van der Waals surface area (Å²) in [5.74, 6) is -0.795. The lowest BCUT2D eigenvalue weighted by atomic mass is 9.95. The minimum atomic E-state index is -4.60. The standard InChI is InChI=1S/C21H25F3N2O3/c1-11-16(18(28)29)25-19(20(2,3)4)26(11)10-14-8-7-13(17(27)12-5-6-12)9-15(14)21(22,23)24/h7-9,12,17,27H,5-6,10H2,1-4H3,(H,28,29). The molecule has 1 aromatic carbocycles. The van der Waals surface area contributed by atoms with Crippen LogP contribution in [0.25, 0.3) is 0 Å². The smallest absolute Gasteiger partial charge is 0.416 e. The minimum Gasteiger partial charge on any atom is -0.476 e. The van der Waals surface area contributed by atoms with E-state index in [-0.39, 0.29) is 29.3 Å². The van der Waals surface area contributed by atoms with Crippen molar-refractivity contribution in [2.24, 2.45) is 5.92 Å². The molecule has 0 radical (unpaired) electrons. The summed E-state index contributed by atoms with van der Waals surface area (Å²) in [6.45, 7) is 6.88. The molecular weight excluding hydrogens is 385 g/mol. The molecule has 1 aliphatic rings. The topological polar surface area (TPSA) is 75.3 Å². The van der Waals surface area contributed by atoms with Gasteiger partial charge in [0.1, 0.15) is 5.82 Å². The highest BCUT2D eigenvalue weighted by Crippen LogP contribution is 2.43. The largest absolute Gasteiger partial charge is 0.476 e. The predicted molar refractivity (Wildman–Crippen MR) is 101 cm³/mol. The molecule has 5 nitrogen and oxygen atoms in total. The van der Waals surface area contributed by atoms with Crippen molar-refractivity contribution in [2.45, 2.75) is 64.8 Å². The fraction of sp³-hybridized carbons (Fsp3) is 0.524. The summed E-state index contributed by atoms with van der Waals surface area (Å²) in [5, 5.41) is 19.6. The van der Waals surface area contributed by atoms with Crippen LogP contribution in [-0.2, 0) is 18.1 Å². The third kappa shape index (κ3) is 4.32. The van der Waals surface area contributed by atoms with Crippen molar-refractivity contribution >= 4 is 5.97 Å². The van der Waals surface area contributed by atoms with Gasteiger partial charge in [-0.25, -0.2) is 9.78 Å². The summed E-state index contributed by atoms with van der Waals surface area (Å²) in [5.41, 5.74) is -0.972. The Morgan fingerprint density at radius 2 is 1.90 bits per heavy atom. The maximum absolute atomic E-state index is 13.8. The number of benzene rings is 1. The fourth-order valence-corrected chi connectivity index (χ4v) is 3.54. The lowest BCUT2D eigenvalue weighted by Crippen LogP contribution is -2.21. The summed E-state index contributed by atoms with van der Waals surface area (Å²) >= 11 is 0. The van der Waals surface area contributed by atoms with Gasteiger partial charge in [0.05, 0.1) is 11.7 Å². The number of halogens is 3. The average Bonchev–Trinajstić information content (AvgIpc) is 3.38. The third-order valence-corrected chi connectivity index (χ3v) is 5.27. The lowest BCUT2D eigenvalue weighted by Gasteiger charge is -2.23. The molecule has 1 aliphatic carbocycles. The molecule has 2 aromatic rings. The zero-order valence-electron chi connectivity index (χ0n) is 16.8. The van der Waals surface area contributed by atoms with E-state index in [0.29, 0.717) is 11.5 Å². The van der Waals surface area contributed by atoms with Gasteiger partial charge in [-0.1, -0.05) is 32.9 Å². The zero-order valence-corrected chi connectivity index (χ0v) is 16.8. The Kier molecular flexibility index (Phi) is 5.28. The number of imidazole rings is 1. The van der Waals surface area contributed by atoms with Gasteiger partial charge in [0.25, 0.3) is 0 Å². The van der Waals surface area contributed by atoms with Crippen LogP contribution < -0.4 is 0 Å². The molecule has 29 heavy (non-hydrogen) atoms. The third-order valence-electron chi connectivity index (χ3n) is 5.27. The maximum atomic E-state index is 13.8. The minimum absolute atomic E-state index is 0.00665. The number of aromatic nitrogens is 2. The molecule has 8 heteroatoms. The number of aliphatic hydroxyl groups is 1. The Bertz CT molecular complexity index is 938. The number of alkyl halides is 3. The van der Waals surface area contributed by atoms with E-state index in [9.17, 15) is 28.2 Å². The van der Waals surface area contributed by atoms with Crippen LogP contribution in [0.4, 0.5) is 13.2 Å². The highest BCUT2D eigenvalue weighted by molar-refractivity contribution is 5.86. The zero-order chi connectivity index (χ0) is 21.7. The van der Waals surface area contributed by atoms with Crippen molar-refractivity contribution in [1.29, 1.82) is 0 Å². The van der Waals surface area contributed by atoms with Crippen molar-refractivity contribution in [1.82, 2.24) is 9.55 Å². The first-order valence-corrected chi connectivity index (χ1v) is 9.49. The number of nitrogens with zero attached hydrogens (tertiary/aromatic N) is 2. The summed E-state index contributed by atoms with van der Waals surface area (Å²) in [6.07, 6.45) is -3.87. The number of rotatable bonds is 5. The monoisotopic (exact) mass is 410 g/mol. The number of hydrogen-bond donors (Lipinski definition) is 2. The molecule has 0 saturated heterocycles. The van der Waals surface area contributed by atoms with Crippen LogP contribution >= 0.6 is 0 Å². The number of aliphatic hydroxyl groups excluding tert-OH is 1. The van der Waals surface area contributed by atoms with Crippen LogP contribution in [0, 0.1) is 12.8 Å². The number of carboxylic acids is 1. The second kappa shape index (κ2) is 7.16. The van der Waals surface area contributed by atoms with Crippen LogP contribution in [-0.4, -0.2) is 25.7 Å². The normalized spacial score (nSPS) is 16.1. The summed E-state index contributed by atoms with van der Waals surface area (Å²) in [4.78, 5) is 15.7. The molecule has 0 spiro atoms. The molecule has 1 saturated carbocycles. The van der Waals surface area contributed by atoms with Gasteiger partial charge in [0.15, 0.2) is 5.69 Å². The van der Waals surface area contributed by atoms with Gasteiger partial charge in [-0.05, 0) is 42.9 Å². The highest BCUT2D eigenvalue weighted by Gasteiger charge is 2.37. The van der Waals surface area contributed by atoms with E-state index in [0.717, 1.165) is 18.9 Å². The molecule has 158 valence electrons. The molecule has 1 unspecified atom stereocenters. The Morgan fingerprint density at radius 1 is 1.28 bits per heavy atom. The van der Waals surface area contributed by atoms with Crippen molar-refractivity contribution in [3.8, 4) is 0 Å². The molecule has 1 atom stereocenters. The quantitative estimate of drug-likeness (QED) is 0.749. The number of aromatic carboxylic acids is 1. The van der Waals surface area contributed by atoms with Gasteiger partial charge in [-0.3, -0.25) is 0 Å². The van der Waals surface area contributed by atoms with Crippen LogP contribution in [0.3, 0.4) is 0 Å². The molecular formula is C21H25F3N2O3. The van der Waals surface area contributed by atoms with Crippen molar-refractivity contribution in [2.75, 3.05) is 0 Å². The molecule has 1 heterocycles. The number of carboxylic acid groups (broad SMARTS) is 1. The van der Waals surface area contributed by atoms with E-state index >= 15 is 0 Å². The fourth-order valence-electron chi connectivity index (χ4n) is 3.54. The Morgan fingerprint density at radius 3 is 2.38 bits per heavy atom. The Balaban J connectivity index is 2.09. The van der Waals surface area contributed by atoms with E-state index in [1.54, 1.807) is 6.92 Å². The molecule has 3 rings (SSSR count). The van der Waals surface area contributed by atoms with Gasteiger partial charge in [0.2, 0.25) is 0 Å². The first kappa shape index (κ1) is 21.4. The molecule has 0 bridgehead atoms. The van der Waals surface area contributed by atoms with Gasteiger partial charge < -0.3 is 14.8 Å². The van der Waals surface area contributed by atoms with Crippen LogP contribution in [0.1, 0.15) is 78.4 Å². The summed E-state index contributed by atoms with van der Waals surface area (Å²) in [6, 6.07) is 3.91. The van der Waals surface area contributed by atoms with E-state index < -0.39 is 29.2 Å². The highest BCUT2D eigenvalue weighted by atomic mass is 19.4. The van der Waals surface area contributed by atoms with Gasteiger partial charge in [-0.2, -0.15) is 13.2 Å². The lowest BCUT2D eigenvalue weighted by molar-refractivity contribution is -0.138. The van der Waals surface area contributed by atoms with Crippen molar-refractivity contribution < 1.29 is 28.2 Å². The van der Waals surface area contributed by atoms with Crippen LogP contribution in [0.15, 0.2) is 18.2 Å². The Hall–Kier alpha value is -2.35. The van der Waals surface area contributed by atoms with E-state index in [1.165, 1.54) is 16.7 Å². The molecule has 2 N–H and O–H groups in total. The van der Waals surface area contributed by atoms with Gasteiger partial charge in [-0.15, -0.1) is 0 Å². The summed E-state index contributed by atoms with van der Waals surface area (Å²) in [7, 11) is 0. The number of hydrogen-bond acceptors (Lipinski definition) is 3. The van der Waals surface area contributed by atoms with E-state index in [2.05, 4.69) is 4.98 Å². The molecule has 0 amide bonds. The second-order valence-electron chi connectivity index (χ2n) is 8.71. The number of carbonyl (C=O) groups is 1. The van der Waals surface area contributed by atoms with Crippen molar-refractivity contribution in [3.63, 3.8) is 0 Å².